The lowest BCUT2D eigenvalue weighted by molar-refractivity contribution is -0.137. The second-order valence-corrected chi connectivity index (χ2v) is 4.30. The summed E-state index contributed by atoms with van der Waals surface area (Å²) in [6, 6.07) is 4.83. The highest BCUT2D eigenvalue weighted by Crippen LogP contribution is 2.30. The normalized spacial score (nSPS) is 11.2. The van der Waals surface area contributed by atoms with E-state index in [2.05, 4.69) is 10.6 Å². The average molecular weight is 292 g/mol. The molecule has 0 aromatic heterocycles. The number of halogens is 3. The number of alkyl halides is 3. The first-order valence-corrected chi connectivity index (χ1v) is 6.17. The molecule has 0 fully saturated rings. The molecule has 0 aliphatic heterocycles. The molecular formula is C12H15F3N2OS. The summed E-state index contributed by atoms with van der Waals surface area (Å²) in [5.74, 6) is 0. The number of aliphatic hydroxyl groups is 1. The molecule has 0 unspecified atom stereocenters. The molecule has 3 N–H and O–H groups in total. The second kappa shape index (κ2) is 7.30. The van der Waals surface area contributed by atoms with Crippen LogP contribution in [0.1, 0.15) is 18.4 Å². The summed E-state index contributed by atoms with van der Waals surface area (Å²) >= 11 is 4.96. The Morgan fingerprint density at radius 1 is 1.26 bits per heavy atom. The lowest BCUT2D eigenvalue weighted by Gasteiger charge is -2.12. The molecule has 0 saturated carbocycles. The number of hydrogen-bond acceptors (Lipinski definition) is 2. The fraction of sp³-hybridized carbons (Fsp3) is 0.417. The minimum atomic E-state index is -4.37. The van der Waals surface area contributed by atoms with E-state index in [0.29, 0.717) is 13.0 Å². The Morgan fingerprint density at radius 2 is 2.00 bits per heavy atom. The molecule has 1 rings (SSSR count). The van der Waals surface area contributed by atoms with Gasteiger partial charge in [-0.2, -0.15) is 13.2 Å². The Kier molecular flexibility index (Phi) is 6.04. The van der Waals surface area contributed by atoms with Gasteiger partial charge < -0.3 is 15.7 Å². The third kappa shape index (κ3) is 5.89. The van der Waals surface area contributed by atoms with Gasteiger partial charge in [0.1, 0.15) is 0 Å². The van der Waals surface area contributed by atoms with Gasteiger partial charge in [0.05, 0.1) is 5.56 Å². The van der Waals surface area contributed by atoms with Gasteiger partial charge in [-0.1, -0.05) is 6.07 Å². The number of aliphatic hydroxyl groups excluding tert-OH is 1. The monoisotopic (exact) mass is 292 g/mol. The smallest absolute Gasteiger partial charge is 0.396 e. The van der Waals surface area contributed by atoms with E-state index in [1.165, 1.54) is 12.1 Å². The summed E-state index contributed by atoms with van der Waals surface area (Å²) in [4.78, 5) is 0. The van der Waals surface area contributed by atoms with E-state index in [1.807, 2.05) is 0 Å². The first kappa shape index (κ1) is 15.7. The van der Waals surface area contributed by atoms with Crippen molar-refractivity contribution in [1.29, 1.82) is 0 Å². The van der Waals surface area contributed by atoms with Gasteiger partial charge in [-0.25, -0.2) is 0 Å². The first-order valence-electron chi connectivity index (χ1n) is 5.76. The molecule has 106 valence electrons. The van der Waals surface area contributed by atoms with Gasteiger partial charge in [0, 0.05) is 18.8 Å². The van der Waals surface area contributed by atoms with Crippen LogP contribution >= 0.6 is 12.2 Å². The minimum Gasteiger partial charge on any atom is -0.396 e. The zero-order chi connectivity index (χ0) is 14.3. The SMILES string of the molecule is OCCCCNC(=S)Nc1cccc(C(F)(F)F)c1. The molecule has 0 heterocycles. The maximum absolute atomic E-state index is 12.5. The fourth-order valence-corrected chi connectivity index (χ4v) is 1.61. The highest BCUT2D eigenvalue weighted by Gasteiger charge is 2.30. The van der Waals surface area contributed by atoms with E-state index in [1.54, 1.807) is 0 Å². The molecule has 0 atom stereocenters. The molecule has 0 amide bonds. The quantitative estimate of drug-likeness (QED) is 0.577. The van der Waals surface area contributed by atoms with Crippen LogP contribution in [0.4, 0.5) is 18.9 Å². The van der Waals surface area contributed by atoms with Crippen molar-refractivity contribution in [2.45, 2.75) is 19.0 Å². The summed E-state index contributed by atoms with van der Waals surface area (Å²) in [7, 11) is 0. The number of unbranched alkanes of at least 4 members (excludes halogenated alkanes) is 1. The summed E-state index contributed by atoms with van der Waals surface area (Å²) in [5.41, 5.74) is -0.435. The maximum Gasteiger partial charge on any atom is 0.416 e. The van der Waals surface area contributed by atoms with Crippen LogP contribution < -0.4 is 10.6 Å². The molecule has 0 saturated heterocycles. The fourth-order valence-electron chi connectivity index (χ4n) is 1.39. The van der Waals surface area contributed by atoms with Gasteiger partial charge in [-0.15, -0.1) is 0 Å². The third-order valence-electron chi connectivity index (χ3n) is 2.32. The van der Waals surface area contributed by atoms with Crippen molar-refractivity contribution in [2.24, 2.45) is 0 Å². The molecular weight excluding hydrogens is 277 g/mol. The van der Waals surface area contributed by atoms with Crippen molar-refractivity contribution in [3.63, 3.8) is 0 Å². The Hall–Kier alpha value is -1.34. The summed E-state index contributed by atoms with van der Waals surface area (Å²) in [5, 5.41) is 14.4. The summed E-state index contributed by atoms with van der Waals surface area (Å²) in [6.45, 7) is 0.668. The number of thiocarbonyl (C=S) groups is 1. The number of hydrogen-bond donors (Lipinski definition) is 3. The van der Waals surface area contributed by atoms with Crippen LogP contribution in [-0.2, 0) is 6.18 Å². The Balaban J connectivity index is 2.50. The van der Waals surface area contributed by atoms with Crippen LogP contribution in [0.2, 0.25) is 0 Å². The van der Waals surface area contributed by atoms with Crippen LogP contribution in [0, 0.1) is 0 Å². The van der Waals surface area contributed by atoms with Crippen molar-refractivity contribution >= 4 is 23.0 Å². The molecule has 1 aromatic rings. The van der Waals surface area contributed by atoms with Crippen LogP contribution in [0.25, 0.3) is 0 Å². The number of nitrogens with one attached hydrogen (secondary N) is 2. The molecule has 1 aromatic carbocycles. The van der Waals surface area contributed by atoms with E-state index in [-0.39, 0.29) is 17.4 Å². The van der Waals surface area contributed by atoms with E-state index < -0.39 is 11.7 Å². The Morgan fingerprint density at radius 3 is 2.63 bits per heavy atom. The molecule has 0 aliphatic rings. The molecule has 0 bridgehead atoms. The number of rotatable bonds is 5. The first-order chi connectivity index (χ1) is 8.93. The summed E-state index contributed by atoms with van der Waals surface area (Å²) < 4.78 is 37.5. The third-order valence-corrected chi connectivity index (χ3v) is 2.56. The van der Waals surface area contributed by atoms with Crippen LogP contribution in [0.3, 0.4) is 0 Å². The standard InChI is InChI=1S/C12H15F3N2OS/c13-12(14,15)9-4-3-5-10(8-9)17-11(19)16-6-1-2-7-18/h3-5,8,18H,1-2,6-7H2,(H2,16,17,19). The van der Waals surface area contributed by atoms with Crippen LogP contribution in [-0.4, -0.2) is 23.4 Å². The lowest BCUT2D eigenvalue weighted by atomic mass is 10.2. The predicted octanol–water partition coefficient (Wildman–Crippen LogP) is 2.76. The maximum atomic E-state index is 12.5. The van der Waals surface area contributed by atoms with E-state index in [0.717, 1.165) is 18.6 Å². The van der Waals surface area contributed by atoms with Crippen molar-refractivity contribution < 1.29 is 18.3 Å². The van der Waals surface area contributed by atoms with E-state index in [4.69, 9.17) is 17.3 Å². The lowest BCUT2D eigenvalue weighted by Crippen LogP contribution is -2.29. The van der Waals surface area contributed by atoms with Crippen molar-refractivity contribution in [3.8, 4) is 0 Å². The minimum absolute atomic E-state index is 0.107. The van der Waals surface area contributed by atoms with Gasteiger partial charge in [-0.05, 0) is 43.3 Å². The zero-order valence-corrected chi connectivity index (χ0v) is 10.9. The highest BCUT2D eigenvalue weighted by molar-refractivity contribution is 7.80. The van der Waals surface area contributed by atoms with Crippen LogP contribution in [0.15, 0.2) is 24.3 Å². The Bertz CT molecular complexity index is 424. The van der Waals surface area contributed by atoms with Gasteiger partial charge in [0.15, 0.2) is 5.11 Å². The van der Waals surface area contributed by atoms with Gasteiger partial charge >= 0.3 is 6.18 Å². The highest BCUT2D eigenvalue weighted by atomic mass is 32.1. The molecule has 7 heteroatoms. The van der Waals surface area contributed by atoms with Gasteiger partial charge in [-0.3, -0.25) is 0 Å². The molecule has 0 spiro atoms. The van der Waals surface area contributed by atoms with Gasteiger partial charge in [0.2, 0.25) is 0 Å². The molecule has 19 heavy (non-hydrogen) atoms. The number of anilines is 1. The largest absolute Gasteiger partial charge is 0.416 e. The predicted molar refractivity (Wildman–Crippen MR) is 72.0 cm³/mol. The van der Waals surface area contributed by atoms with E-state index >= 15 is 0 Å². The molecule has 0 aliphatic carbocycles. The van der Waals surface area contributed by atoms with E-state index in [9.17, 15) is 13.2 Å². The van der Waals surface area contributed by atoms with Crippen molar-refractivity contribution in [2.75, 3.05) is 18.5 Å². The van der Waals surface area contributed by atoms with Crippen molar-refractivity contribution in [3.05, 3.63) is 29.8 Å². The van der Waals surface area contributed by atoms with Crippen molar-refractivity contribution in [1.82, 2.24) is 5.32 Å². The van der Waals surface area contributed by atoms with Gasteiger partial charge in [0.25, 0.3) is 0 Å². The average Bonchev–Trinajstić information content (AvgIpc) is 2.34. The number of benzene rings is 1. The molecule has 3 nitrogen and oxygen atoms in total. The topological polar surface area (TPSA) is 44.3 Å². The molecule has 0 radical (unpaired) electrons. The van der Waals surface area contributed by atoms with Crippen LogP contribution in [0.5, 0.6) is 0 Å². The Labute approximate surface area is 114 Å². The second-order valence-electron chi connectivity index (χ2n) is 3.89. The summed E-state index contributed by atoms with van der Waals surface area (Å²) in [6.07, 6.45) is -2.98. The zero-order valence-electron chi connectivity index (χ0n) is 10.1.